The Morgan fingerprint density at radius 3 is 3.00 bits per heavy atom. The normalized spacial score (nSPS) is 18.8. The maximum atomic E-state index is 10.6. The van der Waals surface area contributed by atoms with Crippen LogP contribution in [0.2, 0.25) is 0 Å². The number of hydrogen-bond acceptors (Lipinski definition) is 6. The van der Waals surface area contributed by atoms with E-state index >= 15 is 0 Å². The van der Waals surface area contributed by atoms with Crippen LogP contribution in [-0.4, -0.2) is 43.4 Å². The van der Waals surface area contributed by atoms with Crippen molar-refractivity contribution >= 4 is 12.6 Å². The van der Waals surface area contributed by atoms with Crippen molar-refractivity contribution < 1.29 is 24.1 Å². The van der Waals surface area contributed by atoms with E-state index in [4.69, 9.17) is 14.1 Å². The van der Waals surface area contributed by atoms with Gasteiger partial charge < -0.3 is 19.2 Å². The second-order valence-corrected chi connectivity index (χ2v) is 4.64. The van der Waals surface area contributed by atoms with E-state index in [1.807, 2.05) is 6.92 Å². The van der Waals surface area contributed by atoms with Crippen LogP contribution in [0.3, 0.4) is 0 Å². The molecule has 8 heteroatoms. The SMILES string of the molecule is COCC(C)Oc1cccc2c1B(O)OC2C[N+](=O)[O-]. The van der Waals surface area contributed by atoms with E-state index in [2.05, 4.69) is 0 Å². The summed E-state index contributed by atoms with van der Waals surface area (Å²) in [5.41, 5.74) is 1.05. The number of methoxy groups -OCH3 is 1. The zero-order chi connectivity index (χ0) is 14.7. The fourth-order valence-corrected chi connectivity index (χ4v) is 2.27. The van der Waals surface area contributed by atoms with Gasteiger partial charge in [0.2, 0.25) is 6.54 Å². The monoisotopic (exact) mass is 281 g/mol. The van der Waals surface area contributed by atoms with Gasteiger partial charge >= 0.3 is 7.12 Å². The summed E-state index contributed by atoms with van der Waals surface area (Å²) in [5.74, 6) is 0.463. The molecule has 0 fully saturated rings. The van der Waals surface area contributed by atoms with Gasteiger partial charge in [-0.25, -0.2) is 0 Å². The van der Waals surface area contributed by atoms with Crippen LogP contribution in [0.15, 0.2) is 18.2 Å². The number of hydrogen-bond donors (Lipinski definition) is 1. The maximum absolute atomic E-state index is 10.6. The van der Waals surface area contributed by atoms with E-state index < -0.39 is 18.1 Å². The molecule has 1 aliphatic rings. The second kappa shape index (κ2) is 6.21. The molecule has 108 valence electrons. The molecule has 20 heavy (non-hydrogen) atoms. The van der Waals surface area contributed by atoms with Crippen LogP contribution in [0, 0.1) is 10.1 Å². The quantitative estimate of drug-likeness (QED) is 0.453. The third-order valence-corrected chi connectivity index (χ3v) is 3.03. The Balaban J connectivity index is 2.25. The van der Waals surface area contributed by atoms with E-state index in [0.29, 0.717) is 23.4 Å². The molecular weight excluding hydrogens is 265 g/mol. The lowest BCUT2D eigenvalue weighted by molar-refractivity contribution is -0.490. The molecule has 0 saturated carbocycles. The number of ether oxygens (including phenoxy) is 2. The summed E-state index contributed by atoms with van der Waals surface area (Å²) in [6, 6.07) is 5.13. The Hall–Kier alpha value is -1.64. The lowest BCUT2D eigenvalue weighted by Gasteiger charge is -2.16. The third kappa shape index (κ3) is 3.09. The Labute approximate surface area is 116 Å². The molecule has 0 saturated heterocycles. The predicted molar refractivity (Wildman–Crippen MR) is 71.7 cm³/mol. The van der Waals surface area contributed by atoms with Crippen LogP contribution < -0.4 is 10.2 Å². The molecule has 2 unspecified atom stereocenters. The molecule has 1 aliphatic heterocycles. The first kappa shape index (κ1) is 14.8. The number of nitro groups is 1. The predicted octanol–water partition coefficient (Wildman–Crippen LogP) is 0.136. The van der Waals surface area contributed by atoms with E-state index in [9.17, 15) is 15.1 Å². The van der Waals surface area contributed by atoms with Gasteiger partial charge in [-0.15, -0.1) is 0 Å². The molecule has 1 N–H and O–H groups in total. The molecule has 1 aromatic carbocycles. The van der Waals surface area contributed by atoms with Gasteiger partial charge in [-0.2, -0.15) is 0 Å². The number of benzene rings is 1. The van der Waals surface area contributed by atoms with E-state index in [-0.39, 0.29) is 12.6 Å². The summed E-state index contributed by atoms with van der Waals surface area (Å²) in [4.78, 5) is 10.2. The molecule has 2 atom stereocenters. The van der Waals surface area contributed by atoms with Crippen LogP contribution in [0.4, 0.5) is 0 Å². The number of fused-ring (bicyclic) bond motifs is 1. The van der Waals surface area contributed by atoms with Crippen LogP contribution in [0.25, 0.3) is 0 Å². The van der Waals surface area contributed by atoms with Gasteiger partial charge in [0.05, 0.1) is 6.61 Å². The molecule has 0 spiro atoms. The van der Waals surface area contributed by atoms with Gasteiger partial charge in [0.15, 0.2) is 0 Å². The van der Waals surface area contributed by atoms with Crippen LogP contribution in [0.5, 0.6) is 5.75 Å². The van der Waals surface area contributed by atoms with Crippen molar-refractivity contribution in [2.45, 2.75) is 19.1 Å². The van der Waals surface area contributed by atoms with Crippen molar-refractivity contribution in [2.24, 2.45) is 0 Å². The topological polar surface area (TPSA) is 91.1 Å². The summed E-state index contributed by atoms with van der Waals surface area (Å²) in [6.07, 6.45) is -0.954. The van der Waals surface area contributed by atoms with Crippen LogP contribution in [0.1, 0.15) is 18.6 Å². The van der Waals surface area contributed by atoms with Crippen molar-refractivity contribution in [3.05, 3.63) is 33.9 Å². The van der Waals surface area contributed by atoms with Gasteiger partial charge in [0, 0.05) is 17.5 Å². The fraction of sp³-hybridized carbons (Fsp3) is 0.500. The fourth-order valence-electron chi connectivity index (χ4n) is 2.27. The molecule has 0 amide bonds. The highest BCUT2D eigenvalue weighted by atomic mass is 16.6. The highest BCUT2D eigenvalue weighted by molar-refractivity contribution is 6.62. The first-order chi connectivity index (χ1) is 9.52. The molecule has 1 heterocycles. The zero-order valence-corrected chi connectivity index (χ0v) is 11.3. The van der Waals surface area contributed by atoms with Crippen molar-refractivity contribution in [1.29, 1.82) is 0 Å². The Bertz CT molecular complexity index is 497. The van der Waals surface area contributed by atoms with Gasteiger partial charge in [0.25, 0.3) is 0 Å². The van der Waals surface area contributed by atoms with Crippen molar-refractivity contribution in [1.82, 2.24) is 0 Å². The van der Waals surface area contributed by atoms with E-state index in [1.54, 1.807) is 25.3 Å². The minimum Gasteiger partial charge on any atom is -0.489 e. The minimum absolute atomic E-state index is 0.201. The first-order valence-electron chi connectivity index (χ1n) is 6.26. The minimum atomic E-state index is -1.21. The van der Waals surface area contributed by atoms with Crippen molar-refractivity contribution in [3.63, 3.8) is 0 Å². The Morgan fingerprint density at radius 1 is 1.60 bits per heavy atom. The molecule has 0 aromatic heterocycles. The molecular formula is C12H16BNO6. The summed E-state index contributed by atoms with van der Waals surface area (Å²) in [5, 5.41) is 20.5. The molecule has 7 nitrogen and oxygen atoms in total. The summed E-state index contributed by atoms with van der Waals surface area (Å²) < 4.78 is 15.9. The average molecular weight is 281 g/mol. The molecule has 0 bridgehead atoms. The molecule has 2 rings (SSSR count). The second-order valence-electron chi connectivity index (χ2n) is 4.64. The Morgan fingerprint density at radius 2 is 2.35 bits per heavy atom. The van der Waals surface area contributed by atoms with Crippen molar-refractivity contribution in [3.8, 4) is 5.75 Å². The highest BCUT2D eigenvalue weighted by Crippen LogP contribution is 2.28. The highest BCUT2D eigenvalue weighted by Gasteiger charge is 2.40. The van der Waals surface area contributed by atoms with Gasteiger partial charge in [-0.1, -0.05) is 12.1 Å². The lowest BCUT2D eigenvalue weighted by atomic mass is 9.78. The molecule has 1 aromatic rings. The van der Waals surface area contributed by atoms with Gasteiger partial charge in [-0.05, 0) is 18.6 Å². The Kier molecular flexibility index (Phi) is 4.59. The average Bonchev–Trinajstić information content (AvgIpc) is 2.67. The first-order valence-corrected chi connectivity index (χ1v) is 6.26. The largest absolute Gasteiger partial charge is 0.496 e. The molecule has 0 radical (unpaired) electrons. The third-order valence-electron chi connectivity index (χ3n) is 3.03. The van der Waals surface area contributed by atoms with Crippen molar-refractivity contribution in [2.75, 3.05) is 20.3 Å². The maximum Gasteiger partial charge on any atom is 0.496 e. The van der Waals surface area contributed by atoms with E-state index in [1.165, 1.54) is 0 Å². The standard InChI is InChI=1S/C12H16BNO6/c1-8(7-18-2)19-10-5-3-4-9-11(6-14(16)17)20-13(15)12(9)10/h3-5,8,11,15H,6-7H2,1-2H3. The van der Waals surface area contributed by atoms with Crippen LogP contribution in [-0.2, 0) is 9.39 Å². The zero-order valence-electron chi connectivity index (χ0n) is 11.3. The van der Waals surface area contributed by atoms with Gasteiger partial charge in [-0.3, -0.25) is 10.1 Å². The van der Waals surface area contributed by atoms with E-state index in [0.717, 1.165) is 0 Å². The van der Waals surface area contributed by atoms with Gasteiger partial charge in [0.1, 0.15) is 18.0 Å². The smallest absolute Gasteiger partial charge is 0.489 e. The summed E-state index contributed by atoms with van der Waals surface area (Å²) >= 11 is 0. The lowest BCUT2D eigenvalue weighted by Crippen LogP contribution is -2.32. The summed E-state index contributed by atoms with van der Waals surface area (Å²) in [6.45, 7) is 1.85. The van der Waals surface area contributed by atoms with Crippen LogP contribution >= 0.6 is 0 Å². The number of rotatable bonds is 6. The molecule has 0 aliphatic carbocycles. The summed E-state index contributed by atoms with van der Waals surface area (Å²) in [7, 11) is 0.362. The number of nitrogens with zero attached hydrogens (tertiary/aromatic N) is 1.